The lowest BCUT2D eigenvalue weighted by atomic mass is 9.87. The maximum absolute atomic E-state index is 12.3. The van der Waals surface area contributed by atoms with Crippen molar-refractivity contribution in [1.29, 1.82) is 0 Å². The maximum atomic E-state index is 12.3. The predicted octanol–water partition coefficient (Wildman–Crippen LogP) is 4.44. The topological polar surface area (TPSA) is 35.6 Å². The fraction of sp³-hybridized carbons (Fsp3) is 0.458. The van der Waals surface area contributed by atoms with Crippen LogP contribution < -0.4 is 10.2 Å². The Morgan fingerprint density at radius 1 is 1.00 bits per heavy atom. The summed E-state index contributed by atoms with van der Waals surface area (Å²) in [6.45, 7) is 13.6. The van der Waals surface area contributed by atoms with E-state index in [1.54, 1.807) is 0 Å². The van der Waals surface area contributed by atoms with E-state index in [1.807, 2.05) is 12.1 Å². The lowest BCUT2D eigenvalue weighted by molar-refractivity contribution is -0.116. The van der Waals surface area contributed by atoms with Crippen molar-refractivity contribution < 1.29 is 4.79 Å². The molecule has 0 atom stereocenters. The highest BCUT2D eigenvalue weighted by Crippen LogP contribution is 2.23. The van der Waals surface area contributed by atoms with Crippen LogP contribution in [-0.4, -0.2) is 43.5 Å². The average Bonchev–Trinajstić information content (AvgIpc) is 2.66. The van der Waals surface area contributed by atoms with Crippen LogP contribution in [0.5, 0.6) is 0 Å². The standard InChI is InChI=1S/C24H33N3O/c1-19-6-5-7-22(18-19)27-16-14-26(15-17-27)13-12-23(28)25-21-10-8-20(9-11-21)24(2,3)4/h5-11,18H,12-17H2,1-4H3,(H,25,28). The van der Waals surface area contributed by atoms with Crippen molar-refractivity contribution in [1.82, 2.24) is 4.90 Å². The minimum Gasteiger partial charge on any atom is -0.369 e. The Morgan fingerprint density at radius 3 is 2.29 bits per heavy atom. The van der Waals surface area contributed by atoms with E-state index in [0.717, 1.165) is 38.4 Å². The summed E-state index contributed by atoms with van der Waals surface area (Å²) in [6, 6.07) is 16.9. The van der Waals surface area contributed by atoms with Crippen LogP contribution in [0.4, 0.5) is 11.4 Å². The summed E-state index contributed by atoms with van der Waals surface area (Å²) in [7, 11) is 0. The molecule has 150 valence electrons. The normalized spacial score (nSPS) is 15.5. The van der Waals surface area contributed by atoms with Gasteiger partial charge in [-0.15, -0.1) is 0 Å². The number of carbonyl (C=O) groups is 1. The second kappa shape index (κ2) is 8.78. The van der Waals surface area contributed by atoms with Crippen LogP contribution in [0.25, 0.3) is 0 Å². The zero-order valence-corrected chi connectivity index (χ0v) is 17.7. The van der Waals surface area contributed by atoms with E-state index in [0.29, 0.717) is 6.42 Å². The third kappa shape index (κ3) is 5.59. The van der Waals surface area contributed by atoms with Gasteiger partial charge >= 0.3 is 0 Å². The van der Waals surface area contributed by atoms with Crippen molar-refractivity contribution in [2.75, 3.05) is 42.9 Å². The number of piperazine rings is 1. The molecule has 28 heavy (non-hydrogen) atoms. The maximum Gasteiger partial charge on any atom is 0.225 e. The Kier molecular flexibility index (Phi) is 6.40. The van der Waals surface area contributed by atoms with Gasteiger partial charge in [-0.3, -0.25) is 9.69 Å². The average molecular weight is 380 g/mol. The summed E-state index contributed by atoms with van der Waals surface area (Å²) >= 11 is 0. The zero-order valence-electron chi connectivity index (χ0n) is 17.7. The van der Waals surface area contributed by atoms with E-state index in [9.17, 15) is 4.79 Å². The Hall–Kier alpha value is -2.33. The van der Waals surface area contributed by atoms with Crippen LogP contribution in [0, 0.1) is 6.92 Å². The number of anilines is 2. The lowest BCUT2D eigenvalue weighted by Gasteiger charge is -2.36. The summed E-state index contributed by atoms with van der Waals surface area (Å²) in [5, 5.41) is 3.02. The Bertz CT molecular complexity index is 784. The van der Waals surface area contributed by atoms with Crippen LogP contribution in [0.15, 0.2) is 48.5 Å². The number of nitrogens with one attached hydrogen (secondary N) is 1. The molecule has 1 saturated heterocycles. The van der Waals surface area contributed by atoms with Crippen molar-refractivity contribution in [2.45, 2.75) is 39.5 Å². The number of carbonyl (C=O) groups excluding carboxylic acids is 1. The molecule has 1 heterocycles. The summed E-state index contributed by atoms with van der Waals surface area (Å²) in [4.78, 5) is 17.1. The zero-order chi connectivity index (χ0) is 20.1. The van der Waals surface area contributed by atoms with Gasteiger partial charge in [0.05, 0.1) is 0 Å². The first-order chi connectivity index (χ1) is 13.3. The van der Waals surface area contributed by atoms with Gasteiger partial charge in [-0.25, -0.2) is 0 Å². The Morgan fingerprint density at radius 2 is 1.68 bits per heavy atom. The first-order valence-electron chi connectivity index (χ1n) is 10.3. The number of hydrogen-bond donors (Lipinski definition) is 1. The van der Waals surface area contributed by atoms with Gasteiger partial charge in [0, 0.05) is 50.5 Å². The third-order valence-corrected chi connectivity index (χ3v) is 5.43. The number of amides is 1. The highest BCUT2D eigenvalue weighted by molar-refractivity contribution is 5.90. The minimum absolute atomic E-state index is 0.0876. The highest BCUT2D eigenvalue weighted by atomic mass is 16.1. The molecule has 1 fully saturated rings. The molecule has 1 aliphatic rings. The van der Waals surface area contributed by atoms with E-state index >= 15 is 0 Å². The van der Waals surface area contributed by atoms with E-state index in [2.05, 4.69) is 79.2 Å². The van der Waals surface area contributed by atoms with Gasteiger partial charge in [-0.2, -0.15) is 0 Å². The van der Waals surface area contributed by atoms with Crippen LogP contribution in [-0.2, 0) is 10.2 Å². The Labute approximate surface area is 169 Å². The molecule has 2 aromatic rings. The van der Waals surface area contributed by atoms with Crippen molar-refractivity contribution in [2.24, 2.45) is 0 Å². The van der Waals surface area contributed by atoms with Gasteiger partial charge in [0.25, 0.3) is 0 Å². The molecule has 1 aliphatic heterocycles. The molecular formula is C24H33N3O. The number of benzene rings is 2. The monoisotopic (exact) mass is 379 g/mol. The van der Waals surface area contributed by atoms with E-state index in [4.69, 9.17) is 0 Å². The summed E-state index contributed by atoms with van der Waals surface area (Å²) in [5.41, 5.74) is 4.88. The summed E-state index contributed by atoms with van der Waals surface area (Å²) in [5.74, 6) is 0.0876. The molecule has 0 aromatic heterocycles. The van der Waals surface area contributed by atoms with E-state index in [1.165, 1.54) is 16.8 Å². The largest absolute Gasteiger partial charge is 0.369 e. The minimum atomic E-state index is 0.0876. The van der Waals surface area contributed by atoms with Crippen LogP contribution in [0.1, 0.15) is 38.3 Å². The molecule has 0 unspecified atom stereocenters. The smallest absolute Gasteiger partial charge is 0.225 e. The van der Waals surface area contributed by atoms with Crippen molar-refractivity contribution in [3.63, 3.8) is 0 Å². The molecule has 2 aromatic carbocycles. The van der Waals surface area contributed by atoms with Gasteiger partial charge in [0.1, 0.15) is 0 Å². The SMILES string of the molecule is Cc1cccc(N2CCN(CCC(=O)Nc3ccc(C(C)(C)C)cc3)CC2)c1. The number of aryl methyl sites for hydroxylation is 1. The fourth-order valence-electron chi connectivity index (χ4n) is 3.59. The second-order valence-corrected chi connectivity index (χ2v) is 8.79. The summed E-state index contributed by atoms with van der Waals surface area (Å²) in [6.07, 6.45) is 0.533. The lowest BCUT2D eigenvalue weighted by Crippen LogP contribution is -2.47. The van der Waals surface area contributed by atoms with Crippen LogP contribution in [0.3, 0.4) is 0 Å². The fourth-order valence-corrected chi connectivity index (χ4v) is 3.59. The number of rotatable bonds is 5. The Balaban J connectivity index is 1.42. The molecule has 0 radical (unpaired) electrons. The number of nitrogens with zero attached hydrogens (tertiary/aromatic N) is 2. The summed E-state index contributed by atoms with van der Waals surface area (Å²) < 4.78 is 0. The third-order valence-electron chi connectivity index (χ3n) is 5.43. The second-order valence-electron chi connectivity index (χ2n) is 8.79. The van der Waals surface area contributed by atoms with Crippen molar-refractivity contribution in [3.05, 3.63) is 59.7 Å². The number of hydrogen-bond acceptors (Lipinski definition) is 3. The molecule has 3 rings (SSSR count). The van der Waals surface area contributed by atoms with E-state index < -0.39 is 0 Å². The molecule has 0 bridgehead atoms. The van der Waals surface area contributed by atoms with Gasteiger partial charge in [-0.05, 0) is 47.7 Å². The highest BCUT2D eigenvalue weighted by Gasteiger charge is 2.18. The van der Waals surface area contributed by atoms with Gasteiger partial charge in [0.15, 0.2) is 0 Å². The molecular weight excluding hydrogens is 346 g/mol. The molecule has 0 aliphatic carbocycles. The first-order valence-corrected chi connectivity index (χ1v) is 10.3. The molecule has 0 spiro atoms. The quantitative estimate of drug-likeness (QED) is 0.834. The van der Waals surface area contributed by atoms with Crippen LogP contribution in [0.2, 0.25) is 0 Å². The predicted molar refractivity (Wildman–Crippen MR) is 118 cm³/mol. The van der Waals surface area contributed by atoms with E-state index in [-0.39, 0.29) is 11.3 Å². The van der Waals surface area contributed by atoms with Crippen molar-refractivity contribution >= 4 is 17.3 Å². The first kappa shape index (κ1) is 20.4. The molecule has 1 N–H and O–H groups in total. The van der Waals surface area contributed by atoms with Gasteiger partial charge in [0.2, 0.25) is 5.91 Å². The molecule has 1 amide bonds. The molecule has 0 saturated carbocycles. The van der Waals surface area contributed by atoms with Crippen LogP contribution >= 0.6 is 0 Å². The molecule has 4 heteroatoms. The van der Waals surface area contributed by atoms with Crippen molar-refractivity contribution in [3.8, 4) is 0 Å². The van der Waals surface area contributed by atoms with Gasteiger partial charge < -0.3 is 10.2 Å². The van der Waals surface area contributed by atoms with Gasteiger partial charge in [-0.1, -0.05) is 45.0 Å². The molecule has 4 nitrogen and oxygen atoms in total.